The fourth-order valence-corrected chi connectivity index (χ4v) is 1.39. The van der Waals surface area contributed by atoms with E-state index in [-0.39, 0.29) is 6.61 Å². The van der Waals surface area contributed by atoms with Gasteiger partial charge in [-0.2, -0.15) is 0 Å². The fourth-order valence-electron chi connectivity index (χ4n) is 1.04. The van der Waals surface area contributed by atoms with Crippen LogP contribution in [0.3, 0.4) is 0 Å². The summed E-state index contributed by atoms with van der Waals surface area (Å²) in [6.07, 6.45) is 1.48. The fraction of sp³-hybridized carbons (Fsp3) is 0.182. The van der Waals surface area contributed by atoms with Crippen LogP contribution in [0, 0.1) is 0 Å². The number of carbonyl (C=O) groups excluding carboxylic acids is 1. The number of alkyl halides is 3. The van der Waals surface area contributed by atoms with Gasteiger partial charge in [0.1, 0.15) is 6.61 Å². The molecule has 0 saturated carbocycles. The SMILES string of the molecule is C=CCOC(=O)c1cccc(C(Cl)(Cl)Cl)c1. The van der Waals surface area contributed by atoms with Gasteiger partial charge in [0.15, 0.2) is 0 Å². The average molecular weight is 280 g/mol. The van der Waals surface area contributed by atoms with Crippen LogP contribution in [0.4, 0.5) is 0 Å². The molecule has 1 aromatic carbocycles. The molecule has 0 saturated heterocycles. The van der Waals surface area contributed by atoms with Gasteiger partial charge in [-0.1, -0.05) is 59.6 Å². The van der Waals surface area contributed by atoms with Crippen molar-refractivity contribution in [3.05, 3.63) is 48.0 Å². The van der Waals surface area contributed by atoms with Crippen molar-refractivity contribution in [2.24, 2.45) is 0 Å². The standard InChI is InChI=1S/C11H9Cl3O2/c1-2-6-16-10(15)8-4-3-5-9(7-8)11(12,13)14/h2-5,7H,1,6H2. The lowest BCUT2D eigenvalue weighted by atomic mass is 10.1. The van der Waals surface area contributed by atoms with Gasteiger partial charge in [0.05, 0.1) is 5.56 Å². The third-order valence-electron chi connectivity index (χ3n) is 1.76. The van der Waals surface area contributed by atoms with Crippen molar-refractivity contribution in [1.82, 2.24) is 0 Å². The largest absolute Gasteiger partial charge is 0.458 e. The molecule has 1 rings (SSSR count). The number of esters is 1. The topological polar surface area (TPSA) is 26.3 Å². The highest BCUT2D eigenvalue weighted by Gasteiger charge is 2.23. The van der Waals surface area contributed by atoms with Gasteiger partial charge in [-0.15, -0.1) is 0 Å². The van der Waals surface area contributed by atoms with Crippen LogP contribution in [0.2, 0.25) is 0 Å². The summed E-state index contributed by atoms with van der Waals surface area (Å²) in [4.78, 5) is 11.5. The summed E-state index contributed by atoms with van der Waals surface area (Å²) in [6, 6.07) is 6.32. The number of carbonyl (C=O) groups is 1. The Bertz CT molecular complexity index is 396. The van der Waals surface area contributed by atoms with E-state index in [4.69, 9.17) is 39.5 Å². The Morgan fingerprint density at radius 1 is 1.44 bits per heavy atom. The van der Waals surface area contributed by atoms with Gasteiger partial charge in [-0.05, 0) is 12.1 Å². The van der Waals surface area contributed by atoms with Crippen LogP contribution in [0.15, 0.2) is 36.9 Å². The first-order valence-corrected chi connectivity index (χ1v) is 5.54. The zero-order valence-electron chi connectivity index (χ0n) is 8.25. The van der Waals surface area contributed by atoms with Crippen molar-refractivity contribution < 1.29 is 9.53 Å². The first-order valence-electron chi connectivity index (χ1n) is 4.40. The lowest BCUT2D eigenvalue weighted by molar-refractivity contribution is 0.0549. The Hall–Kier alpha value is -0.700. The van der Waals surface area contributed by atoms with Crippen molar-refractivity contribution in [1.29, 1.82) is 0 Å². The monoisotopic (exact) mass is 278 g/mol. The van der Waals surface area contributed by atoms with Crippen molar-refractivity contribution >= 4 is 40.8 Å². The van der Waals surface area contributed by atoms with Crippen LogP contribution in [0.1, 0.15) is 15.9 Å². The summed E-state index contributed by atoms with van der Waals surface area (Å²) in [5.41, 5.74) is 0.760. The lowest BCUT2D eigenvalue weighted by Gasteiger charge is -2.11. The molecule has 0 N–H and O–H groups in total. The van der Waals surface area contributed by atoms with Gasteiger partial charge < -0.3 is 4.74 Å². The number of ether oxygens (including phenoxy) is 1. The van der Waals surface area contributed by atoms with E-state index in [1.807, 2.05) is 0 Å². The molecule has 86 valence electrons. The second-order valence-corrected chi connectivity index (χ2v) is 5.25. The van der Waals surface area contributed by atoms with Gasteiger partial charge in [0, 0.05) is 5.56 Å². The zero-order valence-corrected chi connectivity index (χ0v) is 10.5. The predicted molar refractivity (Wildman–Crippen MR) is 66.2 cm³/mol. The summed E-state index contributed by atoms with van der Waals surface area (Å²) in [5.74, 6) is -0.476. The van der Waals surface area contributed by atoms with Crippen molar-refractivity contribution in [2.45, 2.75) is 3.79 Å². The van der Waals surface area contributed by atoms with Crippen LogP contribution in [0.25, 0.3) is 0 Å². The average Bonchev–Trinajstić information content (AvgIpc) is 2.25. The van der Waals surface area contributed by atoms with Gasteiger partial charge in [0.25, 0.3) is 0 Å². The van der Waals surface area contributed by atoms with Crippen molar-refractivity contribution in [3.63, 3.8) is 0 Å². The Morgan fingerprint density at radius 3 is 2.69 bits per heavy atom. The highest BCUT2D eigenvalue weighted by Crippen LogP contribution is 2.38. The van der Waals surface area contributed by atoms with Crippen LogP contribution in [0.5, 0.6) is 0 Å². The molecule has 0 radical (unpaired) electrons. The number of rotatable bonds is 3. The molecule has 0 spiro atoms. The van der Waals surface area contributed by atoms with E-state index in [9.17, 15) is 4.79 Å². The Kier molecular flexibility index (Phi) is 4.66. The minimum absolute atomic E-state index is 0.150. The molecular formula is C11H9Cl3O2. The van der Waals surface area contributed by atoms with Crippen LogP contribution in [-0.2, 0) is 8.53 Å². The second-order valence-electron chi connectivity index (χ2n) is 2.97. The van der Waals surface area contributed by atoms with Gasteiger partial charge >= 0.3 is 5.97 Å². The second kappa shape index (κ2) is 5.58. The van der Waals surface area contributed by atoms with E-state index >= 15 is 0 Å². The molecule has 5 heteroatoms. The highest BCUT2D eigenvalue weighted by molar-refractivity contribution is 6.66. The molecule has 16 heavy (non-hydrogen) atoms. The van der Waals surface area contributed by atoms with Gasteiger partial charge in [-0.25, -0.2) is 4.79 Å². The third-order valence-corrected chi connectivity index (χ3v) is 2.41. The van der Waals surface area contributed by atoms with Gasteiger partial charge in [0.2, 0.25) is 3.79 Å². The zero-order chi connectivity index (χ0) is 12.2. The van der Waals surface area contributed by atoms with E-state index in [0.29, 0.717) is 11.1 Å². The number of hydrogen-bond donors (Lipinski definition) is 0. The Balaban J connectivity index is 2.90. The molecule has 1 aromatic rings. The first kappa shape index (κ1) is 13.4. The quantitative estimate of drug-likeness (QED) is 0.477. The maximum absolute atomic E-state index is 11.5. The Labute approximate surface area is 109 Å². The summed E-state index contributed by atoms with van der Waals surface area (Å²) in [7, 11) is 0. The maximum atomic E-state index is 11.5. The molecule has 0 aromatic heterocycles. The predicted octanol–water partition coefficient (Wildman–Crippen LogP) is 3.86. The smallest absolute Gasteiger partial charge is 0.338 e. The van der Waals surface area contributed by atoms with Crippen LogP contribution < -0.4 is 0 Å². The molecule has 0 bridgehead atoms. The number of halogens is 3. The molecule has 0 fully saturated rings. The normalized spacial score (nSPS) is 10.9. The first-order chi connectivity index (χ1) is 7.45. The van der Waals surface area contributed by atoms with Crippen molar-refractivity contribution in [3.8, 4) is 0 Å². The van der Waals surface area contributed by atoms with E-state index in [1.165, 1.54) is 12.1 Å². The Morgan fingerprint density at radius 2 is 2.12 bits per heavy atom. The molecule has 0 aliphatic carbocycles. The minimum atomic E-state index is -1.55. The number of benzene rings is 1. The molecular weight excluding hydrogens is 270 g/mol. The summed E-state index contributed by atoms with van der Waals surface area (Å²) < 4.78 is 3.31. The van der Waals surface area contributed by atoms with E-state index in [0.717, 1.165) is 0 Å². The van der Waals surface area contributed by atoms with Crippen LogP contribution in [-0.4, -0.2) is 12.6 Å². The molecule has 0 amide bonds. The molecule has 2 nitrogen and oxygen atoms in total. The molecule has 0 atom stereocenters. The lowest BCUT2D eigenvalue weighted by Crippen LogP contribution is -2.07. The van der Waals surface area contributed by atoms with E-state index in [1.54, 1.807) is 18.2 Å². The molecule has 0 aliphatic rings. The number of hydrogen-bond acceptors (Lipinski definition) is 2. The minimum Gasteiger partial charge on any atom is -0.458 e. The summed E-state index contributed by atoms with van der Waals surface area (Å²) >= 11 is 17.1. The molecule has 0 aliphatic heterocycles. The van der Waals surface area contributed by atoms with E-state index < -0.39 is 9.76 Å². The van der Waals surface area contributed by atoms with Crippen molar-refractivity contribution in [2.75, 3.05) is 6.61 Å². The third kappa shape index (κ3) is 3.71. The molecule has 0 heterocycles. The van der Waals surface area contributed by atoms with E-state index in [2.05, 4.69) is 6.58 Å². The summed E-state index contributed by atoms with van der Waals surface area (Å²) in [6.45, 7) is 3.59. The molecule has 0 unspecified atom stereocenters. The maximum Gasteiger partial charge on any atom is 0.338 e. The van der Waals surface area contributed by atoms with Crippen LogP contribution >= 0.6 is 34.8 Å². The van der Waals surface area contributed by atoms with Gasteiger partial charge in [-0.3, -0.25) is 0 Å². The highest BCUT2D eigenvalue weighted by atomic mass is 35.6. The summed E-state index contributed by atoms with van der Waals surface area (Å²) in [5, 5.41) is 0.